The highest BCUT2D eigenvalue weighted by molar-refractivity contribution is 5.83. The molecule has 148 valence electrons. The normalized spacial score (nSPS) is 10.8. The van der Waals surface area contributed by atoms with E-state index in [9.17, 15) is 19.3 Å². The Morgan fingerprint density at radius 2 is 1.97 bits per heavy atom. The zero-order chi connectivity index (χ0) is 20.8. The molecule has 1 heterocycles. The van der Waals surface area contributed by atoms with Crippen molar-refractivity contribution in [2.75, 3.05) is 11.9 Å². The number of anilines is 1. The zero-order valence-corrected chi connectivity index (χ0v) is 15.4. The molecule has 2 aromatic carbocycles. The van der Waals surface area contributed by atoms with Gasteiger partial charge in [-0.2, -0.15) is 5.10 Å². The summed E-state index contributed by atoms with van der Waals surface area (Å²) >= 11 is 0. The van der Waals surface area contributed by atoms with Crippen LogP contribution in [0.2, 0.25) is 0 Å². The van der Waals surface area contributed by atoms with E-state index < -0.39 is 10.8 Å². The van der Waals surface area contributed by atoms with Crippen LogP contribution in [0.25, 0.3) is 11.3 Å². The van der Waals surface area contributed by atoms with Gasteiger partial charge in [0.1, 0.15) is 17.3 Å². The van der Waals surface area contributed by atoms with Gasteiger partial charge in [-0.05, 0) is 43.3 Å². The molecule has 0 aliphatic carbocycles. The predicted octanol–water partition coefficient (Wildman–Crippen LogP) is 3.86. The molecule has 0 aliphatic heterocycles. The zero-order valence-electron chi connectivity index (χ0n) is 15.4. The molecule has 0 unspecified atom stereocenters. The maximum Gasteiger partial charge on any atom is 0.273 e. The number of aryl methyl sites for hydroxylation is 1. The van der Waals surface area contributed by atoms with E-state index in [1.807, 2.05) is 0 Å². The third-order valence-electron chi connectivity index (χ3n) is 4.00. The van der Waals surface area contributed by atoms with Crippen molar-refractivity contribution in [1.82, 2.24) is 5.43 Å². The smallest absolute Gasteiger partial charge is 0.273 e. The molecule has 2 N–H and O–H groups in total. The second kappa shape index (κ2) is 8.79. The van der Waals surface area contributed by atoms with Crippen molar-refractivity contribution in [3.8, 4) is 11.3 Å². The predicted molar refractivity (Wildman–Crippen MR) is 106 cm³/mol. The first kappa shape index (κ1) is 19.7. The number of hydrazone groups is 1. The molecule has 29 heavy (non-hydrogen) atoms. The summed E-state index contributed by atoms with van der Waals surface area (Å²) in [4.78, 5) is 22.4. The monoisotopic (exact) mass is 396 g/mol. The van der Waals surface area contributed by atoms with E-state index in [0.29, 0.717) is 28.3 Å². The molecule has 0 bridgehead atoms. The minimum absolute atomic E-state index is 0.00929. The Kier molecular flexibility index (Phi) is 5.98. The van der Waals surface area contributed by atoms with Crippen LogP contribution in [0.5, 0.6) is 0 Å². The van der Waals surface area contributed by atoms with Crippen LogP contribution in [0.4, 0.5) is 15.8 Å². The van der Waals surface area contributed by atoms with E-state index in [2.05, 4.69) is 15.8 Å². The second-order valence-electron chi connectivity index (χ2n) is 6.11. The number of furan rings is 1. The van der Waals surface area contributed by atoms with Gasteiger partial charge in [-0.3, -0.25) is 14.9 Å². The lowest BCUT2D eigenvalue weighted by molar-refractivity contribution is -0.385. The van der Waals surface area contributed by atoms with Gasteiger partial charge < -0.3 is 9.73 Å². The Hall–Kier alpha value is -4.01. The van der Waals surface area contributed by atoms with E-state index in [0.717, 1.165) is 0 Å². The van der Waals surface area contributed by atoms with Crippen LogP contribution < -0.4 is 10.7 Å². The molecular formula is C20H17FN4O4. The molecule has 0 fully saturated rings. The summed E-state index contributed by atoms with van der Waals surface area (Å²) in [6, 6.07) is 13.7. The number of halogens is 1. The van der Waals surface area contributed by atoms with Gasteiger partial charge in [0.05, 0.1) is 17.7 Å². The van der Waals surface area contributed by atoms with Gasteiger partial charge in [0.15, 0.2) is 0 Å². The van der Waals surface area contributed by atoms with Crippen LogP contribution in [0.3, 0.4) is 0 Å². The highest BCUT2D eigenvalue weighted by Crippen LogP contribution is 2.27. The number of amides is 1. The van der Waals surface area contributed by atoms with E-state index in [1.54, 1.807) is 31.2 Å². The molecule has 3 rings (SSSR count). The van der Waals surface area contributed by atoms with E-state index >= 15 is 0 Å². The van der Waals surface area contributed by atoms with Gasteiger partial charge in [0, 0.05) is 22.9 Å². The van der Waals surface area contributed by atoms with E-state index in [4.69, 9.17) is 4.42 Å². The van der Waals surface area contributed by atoms with Crippen molar-refractivity contribution >= 4 is 23.5 Å². The fourth-order valence-corrected chi connectivity index (χ4v) is 2.49. The number of hydrogen-bond acceptors (Lipinski definition) is 6. The molecule has 0 aliphatic rings. The van der Waals surface area contributed by atoms with Crippen molar-refractivity contribution in [3.63, 3.8) is 0 Å². The summed E-state index contributed by atoms with van der Waals surface area (Å²) in [5.41, 5.74) is 4.08. The molecule has 0 saturated heterocycles. The lowest BCUT2D eigenvalue weighted by Crippen LogP contribution is -2.25. The molecule has 1 aromatic heterocycles. The lowest BCUT2D eigenvalue weighted by atomic mass is 10.1. The van der Waals surface area contributed by atoms with Crippen LogP contribution in [-0.4, -0.2) is 23.6 Å². The molecule has 1 amide bonds. The summed E-state index contributed by atoms with van der Waals surface area (Å²) in [5.74, 6) is 0.0584. The number of benzene rings is 2. The first-order chi connectivity index (χ1) is 13.9. The number of carbonyl (C=O) groups is 1. The summed E-state index contributed by atoms with van der Waals surface area (Å²) < 4.78 is 18.4. The molecule has 0 atom stereocenters. The third kappa shape index (κ3) is 5.25. The van der Waals surface area contributed by atoms with Gasteiger partial charge in [-0.15, -0.1) is 0 Å². The summed E-state index contributed by atoms with van der Waals surface area (Å²) in [6.45, 7) is 1.62. The maximum atomic E-state index is 12.8. The third-order valence-corrected chi connectivity index (χ3v) is 4.00. The first-order valence-electron chi connectivity index (χ1n) is 8.59. The van der Waals surface area contributed by atoms with Gasteiger partial charge >= 0.3 is 0 Å². The summed E-state index contributed by atoms with van der Waals surface area (Å²) in [7, 11) is 0. The van der Waals surface area contributed by atoms with Crippen LogP contribution in [-0.2, 0) is 4.79 Å². The Morgan fingerprint density at radius 3 is 2.69 bits per heavy atom. The van der Waals surface area contributed by atoms with Crippen LogP contribution in [0.1, 0.15) is 11.3 Å². The molecule has 8 nitrogen and oxygen atoms in total. The van der Waals surface area contributed by atoms with Crippen molar-refractivity contribution in [2.45, 2.75) is 6.92 Å². The van der Waals surface area contributed by atoms with Crippen molar-refractivity contribution in [3.05, 3.63) is 81.9 Å². The Balaban J connectivity index is 1.56. The van der Waals surface area contributed by atoms with Gasteiger partial charge in [-0.25, -0.2) is 9.82 Å². The maximum absolute atomic E-state index is 12.8. The number of nitrogens with zero attached hydrogens (tertiary/aromatic N) is 2. The van der Waals surface area contributed by atoms with Crippen LogP contribution in [0, 0.1) is 22.9 Å². The molecular weight excluding hydrogens is 379 g/mol. The number of rotatable bonds is 7. The Labute approximate surface area is 165 Å². The SMILES string of the molecule is Cc1ccc(-c2ccc(/C=N\NC(=O)CNc3ccc(F)cc3)o2)cc1[N+](=O)[O-]. The lowest BCUT2D eigenvalue weighted by Gasteiger charge is -2.04. The first-order valence-corrected chi connectivity index (χ1v) is 8.59. The van der Waals surface area contributed by atoms with Crippen molar-refractivity contribution < 1.29 is 18.5 Å². The summed E-state index contributed by atoms with van der Waals surface area (Å²) in [6.07, 6.45) is 1.32. The average molecular weight is 396 g/mol. The fourth-order valence-electron chi connectivity index (χ4n) is 2.49. The average Bonchev–Trinajstić information content (AvgIpc) is 3.16. The molecule has 9 heteroatoms. The second-order valence-corrected chi connectivity index (χ2v) is 6.11. The number of hydrogen-bond donors (Lipinski definition) is 2. The number of nitro benzene ring substituents is 1. The van der Waals surface area contributed by atoms with Crippen LogP contribution >= 0.6 is 0 Å². The molecule has 0 radical (unpaired) electrons. The standard InChI is InChI=1S/C20H17FN4O4/c1-13-2-3-14(10-18(13)25(27)28)19-9-8-17(29-19)11-23-24-20(26)12-22-16-6-4-15(21)5-7-16/h2-11,22H,12H2,1H3,(H,24,26)/b23-11-. The van der Waals surface area contributed by atoms with Gasteiger partial charge in [0.2, 0.25) is 0 Å². The topological polar surface area (TPSA) is 110 Å². The molecule has 0 spiro atoms. The van der Waals surface area contributed by atoms with Gasteiger partial charge in [-0.1, -0.05) is 12.1 Å². The quantitative estimate of drug-likeness (QED) is 0.358. The van der Waals surface area contributed by atoms with Crippen molar-refractivity contribution in [2.24, 2.45) is 5.10 Å². The largest absolute Gasteiger partial charge is 0.455 e. The fraction of sp³-hybridized carbons (Fsp3) is 0.100. The van der Waals surface area contributed by atoms with E-state index in [-0.39, 0.29) is 18.0 Å². The molecule has 0 saturated carbocycles. The minimum Gasteiger partial charge on any atom is -0.455 e. The highest BCUT2D eigenvalue weighted by Gasteiger charge is 2.13. The van der Waals surface area contributed by atoms with Crippen molar-refractivity contribution in [1.29, 1.82) is 0 Å². The number of nitrogens with one attached hydrogen (secondary N) is 2. The molecule has 3 aromatic rings. The minimum atomic E-state index is -0.445. The Morgan fingerprint density at radius 1 is 1.21 bits per heavy atom. The Bertz CT molecular complexity index is 1060. The number of nitro groups is 1. The van der Waals surface area contributed by atoms with Gasteiger partial charge in [0.25, 0.3) is 11.6 Å². The highest BCUT2D eigenvalue weighted by atomic mass is 19.1. The summed E-state index contributed by atoms with van der Waals surface area (Å²) in [5, 5.41) is 17.7. The number of carbonyl (C=O) groups excluding carboxylic acids is 1. The van der Waals surface area contributed by atoms with Crippen LogP contribution in [0.15, 0.2) is 64.1 Å². The van der Waals surface area contributed by atoms with E-state index in [1.165, 1.54) is 36.5 Å².